The number of carbonyl (C=O) groups excluding carboxylic acids is 1. The molecule has 0 radical (unpaired) electrons. The number of carbonyl (C=O) groups is 1. The van der Waals surface area contributed by atoms with E-state index in [-0.39, 0.29) is 11.3 Å². The number of hydrogen-bond acceptors (Lipinski definition) is 3. The molecule has 0 saturated heterocycles. The molecule has 1 aliphatic rings. The Morgan fingerprint density at radius 2 is 2.05 bits per heavy atom. The van der Waals surface area contributed by atoms with Gasteiger partial charge >= 0.3 is 0 Å². The van der Waals surface area contributed by atoms with Crippen molar-refractivity contribution < 1.29 is 9.53 Å². The summed E-state index contributed by atoms with van der Waals surface area (Å²) >= 11 is 0. The third kappa shape index (κ3) is 3.57. The number of ketones is 1. The van der Waals surface area contributed by atoms with Crippen LogP contribution in [0.25, 0.3) is 0 Å². The van der Waals surface area contributed by atoms with Gasteiger partial charge in [-0.2, -0.15) is 0 Å². The van der Waals surface area contributed by atoms with Crippen LogP contribution in [0, 0.1) is 6.92 Å². The molecule has 1 fully saturated rings. The van der Waals surface area contributed by atoms with Gasteiger partial charge in [0.15, 0.2) is 0 Å². The molecule has 0 unspecified atom stereocenters. The maximum absolute atomic E-state index is 12.2. The Morgan fingerprint density at radius 1 is 1.37 bits per heavy atom. The second-order valence-electron chi connectivity index (χ2n) is 5.78. The van der Waals surface area contributed by atoms with Crippen LogP contribution in [0.4, 0.5) is 0 Å². The minimum absolute atomic E-state index is 0.216. The molecule has 2 rings (SSSR count). The van der Waals surface area contributed by atoms with Crippen molar-refractivity contribution in [3.63, 3.8) is 0 Å². The first-order valence-electron chi connectivity index (χ1n) is 6.96. The molecule has 0 aliphatic heterocycles. The Labute approximate surface area is 115 Å². The largest absolute Gasteiger partial charge is 0.496 e. The second kappa shape index (κ2) is 5.74. The van der Waals surface area contributed by atoms with E-state index in [0.717, 1.165) is 42.6 Å². The zero-order chi connectivity index (χ0) is 13.9. The van der Waals surface area contributed by atoms with E-state index >= 15 is 0 Å². The first-order chi connectivity index (χ1) is 9.02. The molecular weight excluding hydrogens is 238 g/mol. The van der Waals surface area contributed by atoms with E-state index in [1.807, 2.05) is 25.1 Å². The topological polar surface area (TPSA) is 52.3 Å². The Balaban J connectivity index is 2.04. The van der Waals surface area contributed by atoms with E-state index in [2.05, 4.69) is 0 Å². The summed E-state index contributed by atoms with van der Waals surface area (Å²) in [5.41, 5.74) is 8.12. The fourth-order valence-corrected chi connectivity index (χ4v) is 2.97. The van der Waals surface area contributed by atoms with Crippen LogP contribution in [-0.2, 0) is 11.2 Å². The van der Waals surface area contributed by atoms with Crippen molar-refractivity contribution in [2.45, 2.75) is 51.0 Å². The van der Waals surface area contributed by atoms with Crippen LogP contribution in [0.5, 0.6) is 5.75 Å². The predicted octanol–water partition coefficient (Wildman–Crippen LogP) is 2.78. The first-order valence-corrected chi connectivity index (χ1v) is 6.96. The lowest BCUT2D eigenvalue weighted by atomic mass is 9.90. The molecular formula is C16H23NO2. The minimum Gasteiger partial charge on any atom is -0.496 e. The number of aryl methyl sites for hydroxylation is 1. The number of benzene rings is 1. The molecule has 0 atom stereocenters. The SMILES string of the molecule is COc1ccc(C)cc1CC(=O)CC1(N)CCCC1. The fraction of sp³-hybridized carbons (Fsp3) is 0.562. The average molecular weight is 261 g/mol. The smallest absolute Gasteiger partial charge is 0.139 e. The lowest BCUT2D eigenvalue weighted by molar-refractivity contribution is -0.119. The molecule has 3 heteroatoms. The van der Waals surface area contributed by atoms with Crippen LogP contribution >= 0.6 is 0 Å². The van der Waals surface area contributed by atoms with E-state index in [4.69, 9.17) is 10.5 Å². The first kappa shape index (κ1) is 14.1. The molecule has 0 amide bonds. The minimum atomic E-state index is -0.256. The zero-order valence-corrected chi connectivity index (χ0v) is 11.9. The van der Waals surface area contributed by atoms with Gasteiger partial charge in [-0.15, -0.1) is 0 Å². The highest BCUT2D eigenvalue weighted by Crippen LogP contribution is 2.31. The van der Waals surface area contributed by atoms with Crippen molar-refractivity contribution in [3.05, 3.63) is 29.3 Å². The summed E-state index contributed by atoms with van der Waals surface area (Å²) in [6, 6.07) is 5.94. The van der Waals surface area contributed by atoms with Crippen molar-refractivity contribution in [1.82, 2.24) is 0 Å². The Bertz CT molecular complexity index is 462. The fourth-order valence-electron chi connectivity index (χ4n) is 2.97. The van der Waals surface area contributed by atoms with Crippen LogP contribution in [0.1, 0.15) is 43.2 Å². The number of ether oxygens (including phenoxy) is 1. The molecule has 19 heavy (non-hydrogen) atoms. The molecule has 104 valence electrons. The Kier molecular flexibility index (Phi) is 4.25. The van der Waals surface area contributed by atoms with E-state index in [0.29, 0.717) is 12.8 Å². The Hall–Kier alpha value is -1.35. The Morgan fingerprint density at radius 3 is 2.68 bits per heavy atom. The summed E-state index contributed by atoms with van der Waals surface area (Å²) in [4.78, 5) is 12.2. The van der Waals surface area contributed by atoms with E-state index < -0.39 is 0 Å². The van der Waals surface area contributed by atoms with Gasteiger partial charge in [-0.1, -0.05) is 30.5 Å². The van der Waals surface area contributed by atoms with Crippen LogP contribution in [-0.4, -0.2) is 18.4 Å². The van der Waals surface area contributed by atoms with Gasteiger partial charge in [0.1, 0.15) is 11.5 Å². The van der Waals surface area contributed by atoms with E-state index in [9.17, 15) is 4.79 Å². The molecule has 1 aromatic rings. The third-order valence-corrected chi connectivity index (χ3v) is 3.97. The van der Waals surface area contributed by atoms with Gasteiger partial charge in [-0.3, -0.25) is 4.79 Å². The molecule has 1 saturated carbocycles. The van der Waals surface area contributed by atoms with Crippen molar-refractivity contribution in [2.24, 2.45) is 5.73 Å². The second-order valence-corrected chi connectivity index (χ2v) is 5.78. The normalized spacial score (nSPS) is 17.4. The molecule has 0 aromatic heterocycles. The summed E-state index contributed by atoms with van der Waals surface area (Å²) in [6.07, 6.45) is 5.16. The lowest BCUT2D eigenvalue weighted by Crippen LogP contribution is -2.39. The van der Waals surface area contributed by atoms with Gasteiger partial charge in [0.2, 0.25) is 0 Å². The lowest BCUT2D eigenvalue weighted by Gasteiger charge is -2.22. The third-order valence-electron chi connectivity index (χ3n) is 3.97. The summed E-state index contributed by atoms with van der Waals surface area (Å²) in [5, 5.41) is 0. The summed E-state index contributed by atoms with van der Waals surface area (Å²) in [5.74, 6) is 1.00. The van der Waals surface area contributed by atoms with Gasteiger partial charge in [0.25, 0.3) is 0 Å². The van der Waals surface area contributed by atoms with Gasteiger partial charge in [-0.25, -0.2) is 0 Å². The number of hydrogen-bond donors (Lipinski definition) is 1. The summed E-state index contributed by atoms with van der Waals surface area (Å²) in [7, 11) is 1.64. The van der Waals surface area contributed by atoms with Crippen LogP contribution in [0.3, 0.4) is 0 Å². The maximum Gasteiger partial charge on any atom is 0.139 e. The van der Waals surface area contributed by atoms with Crippen molar-refractivity contribution in [2.75, 3.05) is 7.11 Å². The summed E-state index contributed by atoms with van der Waals surface area (Å²) < 4.78 is 5.31. The standard InChI is InChI=1S/C16H23NO2/c1-12-5-6-15(19-2)13(9-12)10-14(18)11-16(17)7-3-4-8-16/h5-6,9H,3-4,7-8,10-11,17H2,1-2H3. The molecule has 3 nitrogen and oxygen atoms in total. The molecule has 1 aliphatic carbocycles. The van der Waals surface area contributed by atoms with Crippen molar-refractivity contribution in [3.8, 4) is 5.75 Å². The number of methoxy groups -OCH3 is 1. The summed E-state index contributed by atoms with van der Waals surface area (Å²) in [6.45, 7) is 2.02. The quantitative estimate of drug-likeness (QED) is 0.886. The van der Waals surface area contributed by atoms with Gasteiger partial charge in [-0.05, 0) is 25.8 Å². The van der Waals surface area contributed by atoms with E-state index in [1.165, 1.54) is 0 Å². The van der Waals surface area contributed by atoms with E-state index in [1.54, 1.807) is 7.11 Å². The van der Waals surface area contributed by atoms with Gasteiger partial charge in [0.05, 0.1) is 7.11 Å². The highest BCUT2D eigenvalue weighted by atomic mass is 16.5. The van der Waals surface area contributed by atoms with Crippen LogP contribution < -0.4 is 10.5 Å². The highest BCUT2D eigenvalue weighted by Gasteiger charge is 2.31. The molecule has 0 bridgehead atoms. The van der Waals surface area contributed by atoms with Crippen LogP contribution in [0.2, 0.25) is 0 Å². The number of nitrogens with two attached hydrogens (primary N) is 1. The molecule has 0 spiro atoms. The van der Waals surface area contributed by atoms with Crippen molar-refractivity contribution >= 4 is 5.78 Å². The molecule has 2 N–H and O–H groups in total. The van der Waals surface area contributed by atoms with Crippen molar-refractivity contribution in [1.29, 1.82) is 0 Å². The highest BCUT2D eigenvalue weighted by molar-refractivity contribution is 5.82. The van der Waals surface area contributed by atoms with Crippen LogP contribution in [0.15, 0.2) is 18.2 Å². The zero-order valence-electron chi connectivity index (χ0n) is 11.9. The predicted molar refractivity (Wildman–Crippen MR) is 76.4 cm³/mol. The molecule has 1 aromatic carbocycles. The average Bonchev–Trinajstić information content (AvgIpc) is 2.75. The number of rotatable bonds is 5. The monoisotopic (exact) mass is 261 g/mol. The molecule has 0 heterocycles. The maximum atomic E-state index is 12.2. The number of Topliss-reactive ketones (excluding diaryl/α,β-unsaturated/α-hetero) is 1. The van der Waals surface area contributed by atoms with Gasteiger partial charge < -0.3 is 10.5 Å². The van der Waals surface area contributed by atoms with Gasteiger partial charge in [0, 0.05) is 23.9 Å².